The number of aromatic nitrogens is 3. The van der Waals surface area contributed by atoms with Gasteiger partial charge in [-0.3, -0.25) is 0 Å². The molecule has 0 atom stereocenters. The fraction of sp³-hybridized carbons (Fsp3) is 0.235. The molecule has 22 heavy (non-hydrogen) atoms. The SMILES string of the molecule is C=CC/C(C(=O)OCC)=C(/C)n1cc(-c2ccccc2)nn1. The van der Waals surface area contributed by atoms with Crippen molar-refractivity contribution in [3.8, 4) is 11.3 Å². The summed E-state index contributed by atoms with van der Waals surface area (Å²) in [5.74, 6) is -0.350. The molecular formula is C17H19N3O2. The van der Waals surface area contributed by atoms with Crippen molar-refractivity contribution in [3.05, 3.63) is 54.8 Å². The van der Waals surface area contributed by atoms with E-state index < -0.39 is 0 Å². The lowest BCUT2D eigenvalue weighted by molar-refractivity contribution is -0.138. The maximum Gasteiger partial charge on any atom is 0.336 e. The van der Waals surface area contributed by atoms with Gasteiger partial charge in [0.1, 0.15) is 5.69 Å². The highest BCUT2D eigenvalue weighted by molar-refractivity contribution is 5.94. The number of carbonyl (C=O) groups is 1. The van der Waals surface area contributed by atoms with E-state index in [4.69, 9.17) is 4.74 Å². The molecule has 5 heteroatoms. The summed E-state index contributed by atoms with van der Waals surface area (Å²) >= 11 is 0. The Balaban J connectivity index is 2.36. The lowest BCUT2D eigenvalue weighted by Crippen LogP contribution is -2.11. The van der Waals surface area contributed by atoms with Crippen molar-refractivity contribution in [2.75, 3.05) is 6.61 Å². The third-order valence-corrected chi connectivity index (χ3v) is 3.21. The Morgan fingerprint density at radius 1 is 1.36 bits per heavy atom. The summed E-state index contributed by atoms with van der Waals surface area (Å²) in [6.07, 6.45) is 3.89. The second-order valence-corrected chi connectivity index (χ2v) is 4.69. The predicted molar refractivity (Wildman–Crippen MR) is 85.8 cm³/mol. The van der Waals surface area contributed by atoms with Gasteiger partial charge in [0, 0.05) is 5.56 Å². The van der Waals surface area contributed by atoms with Crippen molar-refractivity contribution in [3.63, 3.8) is 0 Å². The first-order chi connectivity index (χ1) is 10.7. The molecule has 5 nitrogen and oxygen atoms in total. The molecule has 0 fully saturated rings. The van der Waals surface area contributed by atoms with Crippen LogP contribution in [0, 0.1) is 0 Å². The van der Waals surface area contributed by atoms with Crippen LogP contribution in [0.1, 0.15) is 20.3 Å². The van der Waals surface area contributed by atoms with Crippen LogP contribution in [-0.2, 0) is 9.53 Å². The van der Waals surface area contributed by atoms with Gasteiger partial charge in [-0.05, 0) is 20.3 Å². The highest BCUT2D eigenvalue weighted by Gasteiger charge is 2.15. The van der Waals surface area contributed by atoms with Gasteiger partial charge in [0.15, 0.2) is 0 Å². The summed E-state index contributed by atoms with van der Waals surface area (Å²) in [4.78, 5) is 12.0. The van der Waals surface area contributed by atoms with Crippen LogP contribution < -0.4 is 0 Å². The average Bonchev–Trinajstić information content (AvgIpc) is 3.03. The van der Waals surface area contributed by atoms with Crippen LogP contribution in [-0.4, -0.2) is 27.6 Å². The summed E-state index contributed by atoms with van der Waals surface area (Å²) in [6, 6.07) is 9.76. The monoisotopic (exact) mass is 297 g/mol. The van der Waals surface area contributed by atoms with E-state index in [9.17, 15) is 4.79 Å². The minimum Gasteiger partial charge on any atom is -0.463 e. The summed E-state index contributed by atoms with van der Waals surface area (Å²) in [7, 11) is 0. The van der Waals surface area contributed by atoms with Gasteiger partial charge in [0.25, 0.3) is 0 Å². The quantitative estimate of drug-likeness (QED) is 0.466. The summed E-state index contributed by atoms with van der Waals surface area (Å²) in [5, 5.41) is 8.26. The molecule has 0 radical (unpaired) electrons. The standard InChI is InChI=1S/C17H19N3O2/c1-4-9-15(17(21)22-5-2)13(3)20-12-16(18-19-20)14-10-7-6-8-11-14/h4,6-8,10-12H,1,5,9H2,2-3H3/b15-13+. The van der Waals surface area contributed by atoms with Crippen molar-refractivity contribution in [2.24, 2.45) is 0 Å². The van der Waals surface area contributed by atoms with Gasteiger partial charge < -0.3 is 4.74 Å². The number of carbonyl (C=O) groups excluding carboxylic acids is 1. The second kappa shape index (κ2) is 7.36. The first-order valence-electron chi connectivity index (χ1n) is 7.13. The number of hydrogen-bond acceptors (Lipinski definition) is 4. The predicted octanol–water partition coefficient (Wildman–Crippen LogP) is 3.32. The van der Waals surface area contributed by atoms with Crippen LogP contribution in [0.2, 0.25) is 0 Å². The molecule has 0 spiro atoms. The van der Waals surface area contributed by atoms with Crippen molar-refractivity contribution < 1.29 is 9.53 Å². The van der Waals surface area contributed by atoms with Gasteiger partial charge >= 0.3 is 5.97 Å². The molecule has 0 bridgehead atoms. The molecule has 0 saturated heterocycles. The minimum atomic E-state index is -0.350. The summed E-state index contributed by atoms with van der Waals surface area (Å²) in [6.45, 7) is 7.62. The van der Waals surface area contributed by atoms with E-state index >= 15 is 0 Å². The van der Waals surface area contributed by atoms with E-state index in [-0.39, 0.29) is 5.97 Å². The zero-order chi connectivity index (χ0) is 15.9. The molecule has 0 amide bonds. The molecule has 2 aromatic rings. The van der Waals surface area contributed by atoms with Crippen LogP contribution in [0.3, 0.4) is 0 Å². The fourth-order valence-corrected chi connectivity index (χ4v) is 2.05. The molecular weight excluding hydrogens is 278 g/mol. The molecule has 114 valence electrons. The lowest BCUT2D eigenvalue weighted by atomic mass is 10.1. The van der Waals surface area contributed by atoms with Crippen molar-refractivity contribution in [2.45, 2.75) is 20.3 Å². The van der Waals surface area contributed by atoms with E-state index in [1.165, 1.54) is 0 Å². The third-order valence-electron chi connectivity index (χ3n) is 3.21. The Labute approximate surface area is 129 Å². The van der Waals surface area contributed by atoms with Gasteiger partial charge in [-0.25, -0.2) is 9.48 Å². The molecule has 0 aliphatic heterocycles. The van der Waals surface area contributed by atoms with Crippen LogP contribution in [0.25, 0.3) is 17.0 Å². The lowest BCUT2D eigenvalue weighted by Gasteiger charge is -2.09. The van der Waals surface area contributed by atoms with Gasteiger partial charge in [0.05, 0.1) is 24.1 Å². The first-order valence-corrected chi connectivity index (χ1v) is 7.13. The van der Waals surface area contributed by atoms with Gasteiger partial charge in [0.2, 0.25) is 0 Å². The number of ether oxygens (including phenoxy) is 1. The Kier molecular flexibility index (Phi) is 5.25. The Hall–Kier alpha value is -2.69. The number of benzene rings is 1. The van der Waals surface area contributed by atoms with E-state index in [1.807, 2.05) is 37.3 Å². The zero-order valence-electron chi connectivity index (χ0n) is 12.8. The molecule has 0 saturated carbocycles. The Morgan fingerprint density at radius 3 is 2.73 bits per heavy atom. The fourth-order valence-electron chi connectivity index (χ4n) is 2.05. The number of esters is 1. The smallest absolute Gasteiger partial charge is 0.336 e. The van der Waals surface area contributed by atoms with Crippen LogP contribution >= 0.6 is 0 Å². The first kappa shape index (κ1) is 15.7. The van der Waals surface area contributed by atoms with E-state index in [0.29, 0.717) is 24.3 Å². The normalized spacial score (nSPS) is 11.7. The number of allylic oxidation sites excluding steroid dienone is 2. The molecule has 0 aliphatic rings. The molecule has 2 rings (SSSR count). The molecule has 1 aromatic carbocycles. The Morgan fingerprint density at radius 2 is 2.09 bits per heavy atom. The van der Waals surface area contributed by atoms with Crippen LogP contribution in [0.15, 0.2) is 54.8 Å². The van der Waals surface area contributed by atoms with Gasteiger partial charge in [-0.15, -0.1) is 11.7 Å². The minimum absolute atomic E-state index is 0.333. The maximum absolute atomic E-state index is 12.0. The summed E-state index contributed by atoms with van der Waals surface area (Å²) < 4.78 is 6.68. The number of nitrogens with zero attached hydrogens (tertiary/aromatic N) is 3. The molecule has 1 heterocycles. The van der Waals surface area contributed by atoms with E-state index in [0.717, 1.165) is 11.3 Å². The highest BCUT2D eigenvalue weighted by atomic mass is 16.5. The topological polar surface area (TPSA) is 57.0 Å². The van der Waals surface area contributed by atoms with Crippen LogP contribution in [0.4, 0.5) is 0 Å². The van der Waals surface area contributed by atoms with E-state index in [1.54, 1.807) is 23.9 Å². The average molecular weight is 297 g/mol. The summed E-state index contributed by atoms with van der Waals surface area (Å²) in [5.41, 5.74) is 2.94. The van der Waals surface area contributed by atoms with E-state index in [2.05, 4.69) is 16.9 Å². The largest absolute Gasteiger partial charge is 0.463 e. The molecule has 0 unspecified atom stereocenters. The second-order valence-electron chi connectivity index (χ2n) is 4.69. The van der Waals surface area contributed by atoms with Crippen molar-refractivity contribution >= 4 is 11.7 Å². The molecule has 1 aromatic heterocycles. The van der Waals surface area contributed by atoms with Crippen molar-refractivity contribution in [1.82, 2.24) is 15.0 Å². The van der Waals surface area contributed by atoms with Crippen molar-refractivity contribution in [1.29, 1.82) is 0 Å². The zero-order valence-corrected chi connectivity index (χ0v) is 12.8. The van der Waals surface area contributed by atoms with Crippen LogP contribution in [0.5, 0.6) is 0 Å². The third kappa shape index (κ3) is 3.49. The van der Waals surface area contributed by atoms with Gasteiger partial charge in [-0.2, -0.15) is 0 Å². The maximum atomic E-state index is 12.0. The number of rotatable bonds is 6. The molecule has 0 N–H and O–H groups in total. The Bertz CT molecular complexity index is 687. The number of hydrogen-bond donors (Lipinski definition) is 0. The highest BCUT2D eigenvalue weighted by Crippen LogP contribution is 2.20. The molecule has 0 aliphatic carbocycles. The van der Waals surface area contributed by atoms with Gasteiger partial charge in [-0.1, -0.05) is 41.6 Å².